The van der Waals surface area contributed by atoms with Gasteiger partial charge in [0.1, 0.15) is 0 Å². The second-order valence-electron chi connectivity index (χ2n) is 4.13. The van der Waals surface area contributed by atoms with E-state index < -0.39 is 5.97 Å². The first-order valence-corrected chi connectivity index (χ1v) is 6.35. The van der Waals surface area contributed by atoms with Crippen molar-refractivity contribution in [3.63, 3.8) is 0 Å². The second kappa shape index (κ2) is 6.06. The number of rotatable bonds is 3. The van der Waals surface area contributed by atoms with E-state index in [1.165, 1.54) is 7.05 Å². The molecule has 0 aliphatic rings. The smallest absolute Gasteiger partial charge is 0.338 e. The summed E-state index contributed by atoms with van der Waals surface area (Å²) in [7, 11) is 1.53. The van der Waals surface area contributed by atoms with E-state index in [4.69, 9.17) is 4.74 Å². The lowest BCUT2D eigenvalue weighted by Crippen LogP contribution is -2.24. The van der Waals surface area contributed by atoms with Gasteiger partial charge in [-0.1, -0.05) is 24.3 Å². The van der Waals surface area contributed by atoms with Crippen LogP contribution in [0.3, 0.4) is 0 Å². The van der Waals surface area contributed by atoms with Crippen LogP contribution in [0.1, 0.15) is 17.3 Å². The van der Waals surface area contributed by atoms with Crippen molar-refractivity contribution in [2.75, 3.05) is 19.0 Å². The highest BCUT2D eigenvalue weighted by molar-refractivity contribution is 6.12. The maximum atomic E-state index is 12.0. The summed E-state index contributed by atoms with van der Waals surface area (Å²) in [5.74, 6) is -0.399. The fourth-order valence-corrected chi connectivity index (χ4v) is 2.01. The highest BCUT2D eigenvalue weighted by Gasteiger charge is 2.14. The van der Waals surface area contributed by atoms with Gasteiger partial charge in [-0.3, -0.25) is 0 Å². The molecule has 2 amide bonds. The number of carbonyl (C=O) groups is 2. The van der Waals surface area contributed by atoms with Gasteiger partial charge in [0, 0.05) is 12.4 Å². The molecule has 0 saturated carbocycles. The molecular formula is C15H16N2O3. The molecule has 0 atom stereocenters. The zero-order valence-electron chi connectivity index (χ0n) is 11.4. The van der Waals surface area contributed by atoms with Crippen molar-refractivity contribution in [2.45, 2.75) is 6.92 Å². The van der Waals surface area contributed by atoms with Crippen LogP contribution in [0.5, 0.6) is 0 Å². The van der Waals surface area contributed by atoms with Crippen LogP contribution in [0.2, 0.25) is 0 Å². The molecule has 2 aromatic rings. The Hall–Kier alpha value is -2.56. The third kappa shape index (κ3) is 2.71. The zero-order valence-corrected chi connectivity index (χ0v) is 11.4. The Morgan fingerprint density at radius 2 is 1.85 bits per heavy atom. The Labute approximate surface area is 116 Å². The number of fused-ring (bicyclic) bond motifs is 1. The Balaban J connectivity index is 2.58. The van der Waals surface area contributed by atoms with Crippen molar-refractivity contribution in [3.8, 4) is 0 Å². The number of hydrogen-bond donors (Lipinski definition) is 2. The third-order valence-corrected chi connectivity index (χ3v) is 2.88. The van der Waals surface area contributed by atoms with E-state index in [1.807, 2.05) is 18.2 Å². The van der Waals surface area contributed by atoms with Crippen LogP contribution in [-0.2, 0) is 4.74 Å². The molecule has 5 nitrogen and oxygen atoms in total. The molecule has 104 valence electrons. The van der Waals surface area contributed by atoms with E-state index in [1.54, 1.807) is 25.1 Å². The van der Waals surface area contributed by atoms with Gasteiger partial charge < -0.3 is 15.4 Å². The molecule has 0 bridgehead atoms. The minimum absolute atomic E-state index is 0.306. The number of ether oxygens (including phenoxy) is 1. The largest absolute Gasteiger partial charge is 0.462 e. The summed E-state index contributed by atoms with van der Waals surface area (Å²) in [6, 6.07) is 10.5. The van der Waals surface area contributed by atoms with Gasteiger partial charge in [-0.15, -0.1) is 0 Å². The number of anilines is 1. The van der Waals surface area contributed by atoms with Gasteiger partial charge in [0.15, 0.2) is 0 Å². The van der Waals surface area contributed by atoms with Crippen molar-refractivity contribution in [2.24, 2.45) is 0 Å². The van der Waals surface area contributed by atoms with Crippen LogP contribution in [0.15, 0.2) is 36.4 Å². The lowest BCUT2D eigenvalue weighted by molar-refractivity contribution is 0.0528. The fourth-order valence-electron chi connectivity index (χ4n) is 2.01. The molecule has 2 N–H and O–H groups in total. The summed E-state index contributed by atoms with van der Waals surface area (Å²) in [4.78, 5) is 23.5. The Kier molecular flexibility index (Phi) is 4.20. The highest BCUT2D eigenvalue weighted by Crippen LogP contribution is 2.27. The number of urea groups is 1. The van der Waals surface area contributed by atoms with Gasteiger partial charge in [0.25, 0.3) is 0 Å². The number of hydrogen-bond acceptors (Lipinski definition) is 3. The summed E-state index contributed by atoms with van der Waals surface area (Å²) in [5.41, 5.74) is 1.02. The number of esters is 1. The van der Waals surface area contributed by atoms with Crippen LogP contribution in [0.25, 0.3) is 10.8 Å². The number of nitrogens with one attached hydrogen (secondary N) is 2. The molecule has 0 aliphatic carbocycles. The monoisotopic (exact) mass is 272 g/mol. The van der Waals surface area contributed by atoms with Crippen molar-refractivity contribution in [3.05, 3.63) is 42.0 Å². The first kappa shape index (κ1) is 13.9. The maximum absolute atomic E-state index is 12.0. The van der Waals surface area contributed by atoms with Crippen LogP contribution in [0.4, 0.5) is 10.5 Å². The molecule has 0 heterocycles. The average molecular weight is 272 g/mol. The van der Waals surface area contributed by atoms with Gasteiger partial charge in [-0.2, -0.15) is 0 Å². The van der Waals surface area contributed by atoms with Gasteiger partial charge in [0.05, 0.1) is 17.9 Å². The molecule has 0 aliphatic heterocycles. The molecule has 0 fully saturated rings. The minimum Gasteiger partial charge on any atom is -0.462 e. The predicted molar refractivity (Wildman–Crippen MR) is 78.0 cm³/mol. The van der Waals surface area contributed by atoms with Crippen molar-refractivity contribution < 1.29 is 14.3 Å². The fraction of sp³-hybridized carbons (Fsp3) is 0.200. The molecule has 0 spiro atoms. The van der Waals surface area contributed by atoms with E-state index in [9.17, 15) is 9.59 Å². The quantitative estimate of drug-likeness (QED) is 0.844. The summed E-state index contributed by atoms with van der Waals surface area (Å²) in [5, 5.41) is 6.74. The Bertz CT molecular complexity index is 647. The number of amides is 2. The first-order valence-electron chi connectivity index (χ1n) is 6.35. The van der Waals surface area contributed by atoms with Crippen LogP contribution >= 0.6 is 0 Å². The van der Waals surface area contributed by atoms with Gasteiger partial charge >= 0.3 is 12.0 Å². The Morgan fingerprint density at radius 3 is 2.50 bits per heavy atom. The normalized spacial score (nSPS) is 10.1. The van der Waals surface area contributed by atoms with Crippen molar-refractivity contribution >= 4 is 28.5 Å². The maximum Gasteiger partial charge on any atom is 0.338 e. The van der Waals surface area contributed by atoms with Gasteiger partial charge in [-0.05, 0) is 24.4 Å². The van der Waals surface area contributed by atoms with Gasteiger partial charge in [-0.25, -0.2) is 9.59 Å². The number of carbonyl (C=O) groups excluding carboxylic acids is 2. The van der Waals surface area contributed by atoms with Crippen LogP contribution < -0.4 is 10.6 Å². The summed E-state index contributed by atoms with van der Waals surface area (Å²) >= 11 is 0. The van der Waals surface area contributed by atoms with E-state index >= 15 is 0 Å². The molecule has 20 heavy (non-hydrogen) atoms. The van der Waals surface area contributed by atoms with Crippen molar-refractivity contribution in [1.29, 1.82) is 0 Å². The summed E-state index contributed by atoms with van der Waals surface area (Å²) < 4.78 is 5.06. The molecule has 0 saturated heterocycles. The standard InChI is InChI=1S/C15H16N2O3/c1-3-20-14(18)11-8-4-6-10-7-5-9-12(13(10)11)17-15(19)16-2/h4-9H,3H2,1-2H3,(H2,16,17,19). The number of benzene rings is 2. The summed E-state index contributed by atoms with van der Waals surface area (Å²) in [6.07, 6.45) is 0. The van der Waals surface area contributed by atoms with E-state index in [-0.39, 0.29) is 6.03 Å². The third-order valence-electron chi connectivity index (χ3n) is 2.88. The molecular weight excluding hydrogens is 256 g/mol. The zero-order chi connectivity index (χ0) is 14.5. The SMILES string of the molecule is CCOC(=O)c1cccc2cccc(NC(=O)NC)c12. The predicted octanol–water partition coefficient (Wildman–Crippen LogP) is 2.77. The van der Waals surface area contributed by atoms with Gasteiger partial charge in [0.2, 0.25) is 0 Å². The van der Waals surface area contributed by atoms with Crippen molar-refractivity contribution in [1.82, 2.24) is 5.32 Å². The van der Waals surface area contributed by atoms with E-state index in [2.05, 4.69) is 10.6 Å². The first-order chi connectivity index (χ1) is 9.67. The van der Waals surface area contributed by atoms with E-state index in [0.29, 0.717) is 23.2 Å². The van der Waals surface area contributed by atoms with Crippen LogP contribution in [-0.4, -0.2) is 25.7 Å². The lowest BCUT2D eigenvalue weighted by atomic mass is 10.0. The molecule has 0 aromatic heterocycles. The minimum atomic E-state index is -0.399. The lowest BCUT2D eigenvalue weighted by Gasteiger charge is -2.12. The molecule has 0 radical (unpaired) electrons. The topological polar surface area (TPSA) is 67.4 Å². The molecule has 5 heteroatoms. The molecule has 2 aromatic carbocycles. The highest BCUT2D eigenvalue weighted by atomic mass is 16.5. The van der Waals surface area contributed by atoms with E-state index in [0.717, 1.165) is 5.39 Å². The summed E-state index contributed by atoms with van der Waals surface area (Å²) in [6.45, 7) is 2.06. The Morgan fingerprint density at radius 1 is 1.15 bits per heavy atom. The molecule has 2 rings (SSSR count). The molecule has 0 unspecified atom stereocenters. The second-order valence-corrected chi connectivity index (χ2v) is 4.13. The van der Waals surface area contributed by atoms with Crippen LogP contribution in [0, 0.1) is 0 Å². The average Bonchev–Trinajstić information content (AvgIpc) is 2.47.